The maximum Gasteiger partial charge on any atom is 0.750 e. The Morgan fingerprint density at radius 2 is 1.81 bits per heavy atom. The lowest BCUT2D eigenvalue weighted by molar-refractivity contribution is -0.149. The third-order valence-corrected chi connectivity index (χ3v) is 2.01. The van der Waals surface area contributed by atoms with Crippen molar-refractivity contribution >= 4 is 26.2 Å². The molecular formula is C7H10O8P+. The zero-order chi connectivity index (χ0) is 12.7. The Morgan fingerprint density at radius 3 is 2.19 bits per heavy atom. The van der Waals surface area contributed by atoms with Crippen molar-refractivity contribution in [2.45, 2.75) is 19.3 Å². The fraction of sp³-hybridized carbons (Fsp3) is 0.571. The number of rotatable bonds is 7. The molecule has 2 unspecified atom stereocenters. The molecule has 8 nitrogen and oxygen atoms in total. The summed E-state index contributed by atoms with van der Waals surface area (Å²) in [7, 11) is -3.07. The lowest BCUT2D eigenvalue weighted by Crippen LogP contribution is -2.19. The van der Waals surface area contributed by atoms with Crippen LogP contribution in [0.3, 0.4) is 0 Å². The van der Waals surface area contributed by atoms with Gasteiger partial charge in [-0.1, -0.05) is 0 Å². The first kappa shape index (κ1) is 14.5. The van der Waals surface area contributed by atoms with E-state index in [4.69, 9.17) is 15.1 Å². The van der Waals surface area contributed by atoms with Crippen molar-refractivity contribution in [3.05, 3.63) is 0 Å². The van der Waals surface area contributed by atoms with E-state index in [2.05, 4.69) is 4.52 Å². The Labute approximate surface area is 90.8 Å². The van der Waals surface area contributed by atoms with Gasteiger partial charge in [0.2, 0.25) is 0 Å². The number of carbonyl (C=O) groups excluding carboxylic acids is 1. The summed E-state index contributed by atoms with van der Waals surface area (Å²) in [4.78, 5) is 39.8. The molecule has 9 heteroatoms. The van der Waals surface area contributed by atoms with E-state index in [9.17, 15) is 18.9 Å². The van der Waals surface area contributed by atoms with Gasteiger partial charge in [0.15, 0.2) is 0 Å². The van der Waals surface area contributed by atoms with E-state index in [0.29, 0.717) is 0 Å². The summed E-state index contributed by atoms with van der Waals surface area (Å²) >= 11 is 0. The van der Waals surface area contributed by atoms with Crippen LogP contribution in [-0.2, 0) is 23.5 Å². The highest BCUT2D eigenvalue weighted by atomic mass is 31.1. The number of carboxylic acids is 2. The normalized spacial score (nSPS) is 12.7. The van der Waals surface area contributed by atoms with Crippen molar-refractivity contribution < 1.29 is 38.6 Å². The van der Waals surface area contributed by atoms with Crippen LogP contribution in [0, 0.1) is 5.92 Å². The summed E-state index contributed by atoms with van der Waals surface area (Å²) in [6, 6.07) is 0. The van der Waals surface area contributed by atoms with E-state index in [1.165, 1.54) is 0 Å². The molecule has 0 aromatic heterocycles. The predicted octanol–water partition coefficient (Wildman–Crippen LogP) is 0.135. The fourth-order valence-electron chi connectivity index (χ4n) is 0.948. The number of carbonyl (C=O) groups is 3. The molecule has 0 saturated carbocycles. The molecule has 2 atom stereocenters. The smallest absolute Gasteiger partial charge is 0.481 e. The van der Waals surface area contributed by atoms with Crippen LogP contribution >= 0.6 is 8.25 Å². The summed E-state index contributed by atoms with van der Waals surface area (Å²) in [5, 5.41) is 17.0. The van der Waals surface area contributed by atoms with Gasteiger partial charge >= 0.3 is 26.2 Å². The third-order valence-electron chi connectivity index (χ3n) is 1.65. The van der Waals surface area contributed by atoms with Crippen molar-refractivity contribution in [3.63, 3.8) is 0 Å². The van der Waals surface area contributed by atoms with Crippen LogP contribution in [0.25, 0.3) is 0 Å². The second-order valence-corrected chi connectivity index (χ2v) is 3.53. The van der Waals surface area contributed by atoms with Gasteiger partial charge in [-0.2, -0.15) is 4.52 Å². The minimum atomic E-state index is -3.07. The van der Waals surface area contributed by atoms with Crippen LogP contribution in [-0.4, -0.2) is 33.0 Å². The first-order valence-corrected chi connectivity index (χ1v) is 5.27. The molecule has 0 spiro atoms. The van der Waals surface area contributed by atoms with Gasteiger partial charge in [0.05, 0.1) is 18.8 Å². The van der Waals surface area contributed by atoms with Gasteiger partial charge in [0, 0.05) is 4.57 Å². The topological polar surface area (TPSA) is 138 Å². The Hall–Kier alpha value is -1.53. The van der Waals surface area contributed by atoms with Crippen molar-refractivity contribution in [2.24, 2.45) is 5.92 Å². The monoisotopic (exact) mass is 253 g/mol. The molecule has 0 aliphatic carbocycles. The van der Waals surface area contributed by atoms with Crippen LogP contribution in [0.4, 0.5) is 0 Å². The van der Waals surface area contributed by atoms with Crippen LogP contribution in [0.2, 0.25) is 0 Å². The fourth-order valence-corrected chi connectivity index (χ4v) is 1.21. The van der Waals surface area contributed by atoms with E-state index in [1.54, 1.807) is 0 Å². The van der Waals surface area contributed by atoms with E-state index in [-0.39, 0.29) is 6.42 Å². The second-order valence-electron chi connectivity index (χ2n) is 2.87. The highest BCUT2D eigenvalue weighted by Crippen LogP contribution is 2.18. The molecule has 0 aromatic carbocycles. The van der Waals surface area contributed by atoms with Gasteiger partial charge in [0.25, 0.3) is 0 Å². The first-order chi connectivity index (χ1) is 7.32. The molecule has 0 aliphatic rings. The molecular weight excluding hydrogens is 243 g/mol. The quantitative estimate of drug-likeness (QED) is 0.544. The minimum Gasteiger partial charge on any atom is -0.481 e. The molecule has 0 radical (unpaired) electrons. The van der Waals surface area contributed by atoms with E-state index in [1.807, 2.05) is 0 Å². The summed E-state index contributed by atoms with van der Waals surface area (Å²) in [6.07, 6.45) is -1.30. The lowest BCUT2D eigenvalue weighted by atomic mass is 10.00. The van der Waals surface area contributed by atoms with Crippen LogP contribution in [0.15, 0.2) is 0 Å². The van der Waals surface area contributed by atoms with Gasteiger partial charge in [-0.05, 0) is 6.42 Å². The van der Waals surface area contributed by atoms with Crippen molar-refractivity contribution in [1.29, 1.82) is 0 Å². The first-order valence-electron chi connectivity index (χ1n) is 4.14. The molecule has 0 fully saturated rings. The highest BCUT2D eigenvalue weighted by molar-refractivity contribution is 7.32. The molecule has 0 aromatic rings. The molecule has 16 heavy (non-hydrogen) atoms. The van der Waals surface area contributed by atoms with Crippen molar-refractivity contribution in [2.75, 3.05) is 0 Å². The summed E-state index contributed by atoms with van der Waals surface area (Å²) in [5.74, 6) is -4.90. The highest BCUT2D eigenvalue weighted by Gasteiger charge is 2.25. The third kappa shape index (κ3) is 6.86. The molecule has 0 saturated heterocycles. The Kier molecular flexibility index (Phi) is 6.21. The van der Waals surface area contributed by atoms with E-state index < -0.39 is 44.9 Å². The number of hydrogen-bond donors (Lipinski definition) is 3. The summed E-state index contributed by atoms with van der Waals surface area (Å²) in [5.41, 5.74) is 0. The maximum atomic E-state index is 10.8. The summed E-state index contributed by atoms with van der Waals surface area (Å²) in [6.45, 7) is 0. The number of carboxylic acid groups (broad SMARTS) is 2. The van der Waals surface area contributed by atoms with Gasteiger partial charge in [-0.25, -0.2) is 4.79 Å². The minimum absolute atomic E-state index is 0.260. The average Bonchev–Trinajstić information content (AvgIpc) is 2.09. The second kappa shape index (κ2) is 6.86. The molecule has 0 heterocycles. The molecule has 3 N–H and O–H groups in total. The van der Waals surface area contributed by atoms with E-state index >= 15 is 0 Å². The largest absolute Gasteiger partial charge is 0.750 e. The molecule has 0 rings (SSSR count). The molecule has 0 aliphatic heterocycles. The van der Waals surface area contributed by atoms with Gasteiger partial charge in [0.1, 0.15) is 0 Å². The SMILES string of the molecule is O=C(O)CC(CCC(=O)O[P+](=O)O)C(=O)O. The molecule has 0 amide bonds. The van der Waals surface area contributed by atoms with Crippen LogP contribution in [0.5, 0.6) is 0 Å². The van der Waals surface area contributed by atoms with Crippen molar-refractivity contribution in [3.8, 4) is 0 Å². The van der Waals surface area contributed by atoms with Gasteiger partial charge in [-0.15, -0.1) is 4.89 Å². The molecule has 90 valence electrons. The Bertz CT molecular complexity index is 312. The average molecular weight is 253 g/mol. The van der Waals surface area contributed by atoms with Crippen molar-refractivity contribution in [1.82, 2.24) is 0 Å². The number of hydrogen-bond acceptors (Lipinski definition) is 5. The van der Waals surface area contributed by atoms with Crippen LogP contribution in [0.1, 0.15) is 19.3 Å². The zero-order valence-corrected chi connectivity index (χ0v) is 8.92. The lowest BCUT2D eigenvalue weighted by Gasteiger charge is -2.06. The number of aliphatic carboxylic acids is 2. The Morgan fingerprint density at radius 1 is 1.25 bits per heavy atom. The predicted molar refractivity (Wildman–Crippen MR) is 48.5 cm³/mol. The zero-order valence-electron chi connectivity index (χ0n) is 8.03. The van der Waals surface area contributed by atoms with Gasteiger partial charge < -0.3 is 10.2 Å². The summed E-state index contributed by atoms with van der Waals surface area (Å²) < 4.78 is 13.9. The maximum absolute atomic E-state index is 10.8. The van der Waals surface area contributed by atoms with Gasteiger partial charge in [-0.3, -0.25) is 9.59 Å². The van der Waals surface area contributed by atoms with E-state index in [0.717, 1.165) is 0 Å². The standard InChI is InChI=1S/C7H9O8P/c8-5(9)3-4(7(11)12)1-2-6(10)15-16(13)14/h4H,1-3H2,(H2-,8,9,11,12,13,14)/p+1. The van der Waals surface area contributed by atoms with Crippen LogP contribution < -0.4 is 0 Å². The Balaban J connectivity index is 4.11. The molecule has 0 bridgehead atoms.